The molecule has 3 heteroatoms. The van der Waals surface area contributed by atoms with Gasteiger partial charge in [-0.15, -0.1) is 0 Å². The SMILES string of the molecule is CCCCC(CC)CC(=O)c1cc(OC)cc(OC)c1. The molecule has 0 heterocycles. The quantitative estimate of drug-likeness (QED) is 0.624. The maximum absolute atomic E-state index is 12.4. The standard InChI is InChI=1S/C17H26O3/c1-5-7-8-13(6-2)9-17(18)14-10-15(19-3)12-16(11-14)20-4/h10-13H,5-9H2,1-4H3. The highest BCUT2D eigenvalue weighted by Gasteiger charge is 2.15. The molecule has 1 aromatic carbocycles. The summed E-state index contributed by atoms with van der Waals surface area (Å²) in [6, 6.07) is 5.36. The van der Waals surface area contributed by atoms with Gasteiger partial charge in [0.1, 0.15) is 11.5 Å². The molecule has 0 aliphatic heterocycles. The maximum atomic E-state index is 12.4. The monoisotopic (exact) mass is 278 g/mol. The number of hydrogen-bond donors (Lipinski definition) is 0. The van der Waals surface area contributed by atoms with Gasteiger partial charge >= 0.3 is 0 Å². The van der Waals surface area contributed by atoms with Gasteiger partial charge in [-0.3, -0.25) is 4.79 Å². The van der Waals surface area contributed by atoms with Crippen LogP contribution in [0.5, 0.6) is 11.5 Å². The van der Waals surface area contributed by atoms with Crippen LogP contribution in [0.4, 0.5) is 0 Å². The summed E-state index contributed by atoms with van der Waals surface area (Å²) in [5.74, 6) is 1.97. The summed E-state index contributed by atoms with van der Waals surface area (Å²) < 4.78 is 10.4. The summed E-state index contributed by atoms with van der Waals surface area (Å²) >= 11 is 0. The van der Waals surface area contributed by atoms with Gasteiger partial charge in [0.05, 0.1) is 14.2 Å². The zero-order chi connectivity index (χ0) is 15.0. The molecule has 0 N–H and O–H groups in total. The number of hydrogen-bond acceptors (Lipinski definition) is 3. The van der Waals surface area contributed by atoms with Crippen LogP contribution < -0.4 is 9.47 Å². The Morgan fingerprint density at radius 2 is 1.70 bits per heavy atom. The Hall–Kier alpha value is -1.51. The van der Waals surface area contributed by atoms with Crippen LogP contribution in [0.15, 0.2) is 18.2 Å². The number of Topliss-reactive ketones (excluding diaryl/α,β-unsaturated/α-hetero) is 1. The van der Waals surface area contributed by atoms with Crippen molar-refractivity contribution in [1.82, 2.24) is 0 Å². The highest BCUT2D eigenvalue weighted by molar-refractivity contribution is 5.97. The highest BCUT2D eigenvalue weighted by atomic mass is 16.5. The molecule has 0 bridgehead atoms. The Labute approximate surface area is 122 Å². The average molecular weight is 278 g/mol. The minimum atomic E-state index is 0.171. The zero-order valence-electron chi connectivity index (χ0n) is 13.1. The normalized spacial score (nSPS) is 12.0. The lowest BCUT2D eigenvalue weighted by Gasteiger charge is -2.14. The van der Waals surface area contributed by atoms with Gasteiger partial charge in [-0.1, -0.05) is 39.5 Å². The molecule has 0 fully saturated rings. The first-order valence-corrected chi connectivity index (χ1v) is 7.40. The van der Waals surface area contributed by atoms with Gasteiger partial charge in [0.2, 0.25) is 0 Å². The Kier molecular flexibility index (Phi) is 7.13. The fourth-order valence-corrected chi connectivity index (χ4v) is 2.29. The molecule has 1 aromatic rings. The third-order valence-electron chi connectivity index (χ3n) is 3.69. The van der Waals surface area contributed by atoms with Crippen LogP contribution >= 0.6 is 0 Å². The van der Waals surface area contributed by atoms with E-state index < -0.39 is 0 Å². The highest BCUT2D eigenvalue weighted by Crippen LogP contribution is 2.25. The van der Waals surface area contributed by atoms with Gasteiger partial charge in [-0.05, 0) is 18.1 Å². The van der Waals surface area contributed by atoms with E-state index in [1.807, 2.05) is 0 Å². The van der Waals surface area contributed by atoms with Crippen molar-refractivity contribution in [3.8, 4) is 11.5 Å². The summed E-state index contributed by atoms with van der Waals surface area (Å²) in [7, 11) is 3.19. The first-order chi connectivity index (χ1) is 9.64. The molecule has 1 atom stereocenters. The van der Waals surface area contributed by atoms with E-state index >= 15 is 0 Å². The van der Waals surface area contributed by atoms with Crippen molar-refractivity contribution < 1.29 is 14.3 Å². The van der Waals surface area contributed by atoms with Crippen molar-refractivity contribution in [3.63, 3.8) is 0 Å². The van der Waals surface area contributed by atoms with Gasteiger partial charge in [-0.25, -0.2) is 0 Å². The fourth-order valence-electron chi connectivity index (χ4n) is 2.29. The summed E-state index contributed by atoms with van der Waals surface area (Å²) in [4.78, 5) is 12.4. The molecule has 0 aromatic heterocycles. The van der Waals surface area contributed by atoms with Crippen molar-refractivity contribution in [1.29, 1.82) is 0 Å². The fraction of sp³-hybridized carbons (Fsp3) is 0.588. The van der Waals surface area contributed by atoms with Gasteiger partial charge in [0, 0.05) is 18.1 Å². The lowest BCUT2D eigenvalue weighted by atomic mass is 9.91. The van der Waals surface area contributed by atoms with Gasteiger partial charge in [0.25, 0.3) is 0 Å². The van der Waals surface area contributed by atoms with Gasteiger partial charge in [-0.2, -0.15) is 0 Å². The summed E-state index contributed by atoms with van der Waals surface area (Å²) in [5, 5.41) is 0. The molecule has 0 radical (unpaired) electrons. The topological polar surface area (TPSA) is 35.5 Å². The molecule has 112 valence electrons. The van der Waals surface area contributed by atoms with Crippen LogP contribution in [0.25, 0.3) is 0 Å². The second kappa shape index (κ2) is 8.62. The number of ketones is 1. The predicted octanol–water partition coefficient (Wildman–Crippen LogP) is 4.49. The van der Waals surface area contributed by atoms with E-state index in [0.29, 0.717) is 29.4 Å². The second-order valence-corrected chi connectivity index (χ2v) is 5.15. The lowest BCUT2D eigenvalue weighted by molar-refractivity contribution is 0.0956. The van der Waals surface area contributed by atoms with E-state index in [9.17, 15) is 4.79 Å². The summed E-state index contributed by atoms with van der Waals surface area (Å²) in [6.45, 7) is 4.33. The smallest absolute Gasteiger partial charge is 0.163 e. The van der Waals surface area contributed by atoms with Crippen molar-refractivity contribution in [3.05, 3.63) is 23.8 Å². The number of rotatable bonds is 9. The Morgan fingerprint density at radius 3 is 2.15 bits per heavy atom. The van der Waals surface area contributed by atoms with Crippen LogP contribution in [0.2, 0.25) is 0 Å². The number of carbonyl (C=O) groups is 1. The molecular weight excluding hydrogens is 252 g/mol. The van der Waals surface area contributed by atoms with Gasteiger partial charge in [0.15, 0.2) is 5.78 Å². The minimum absolute atomic E-state index is 0.171. The largest absolute Gasteiger partial charge is 0.497 e. The van der Waals surface area contributed by atoms with E-state index in [-0.39, 0.29) is 5.78 Å². The zero-order valence-corrected chi connectivity index (χ0v) is 13.1. The molecular formula is C17H26O3. The van der Waals surface area contributed by atoms with Crippen LogP contribution in [-0.2, 0) is 0 Å². The minimum Gasteiger partial charge on any atom is -0.497 e. The average Bonchev–Trinajstić information content (AvgIpc) is 2.50. The lowest BCUT2D eigenvalue weighted by Crippen LogP contribution is -2.09. The van der Waals surface area contributed by atoms with Gasteiger partial charge < -0.3 is 9.47 Å². The van der Waals surface area contributed by atoms with Crippen molar-refractivity contribution in [2.45, 2.75) is 46.0 Å². The van der Waals surface area contributed by atoms with E-state index in [4.69, 9.17) is 9.47 Å². The Morgan fingerprint density at radius 1 is 1.10 bits per heavy atom. The molecule has 1 rings (SSSR count). The number of unbranched alkanes of at least 4 members (excludes halogenated alkanes) is 1. The van der Waals surface area contributed by atoms with E-state index in [0.717, 1.165) is 12.8 Å². The Balaban J connectivity index is 2.79. The third kappa shape index (κ3) is 4.87. The molecule has 0 amide bonds. The second-order valence-electron chi connectivity index (χ2n) is 5.15. The summed E-state index contributed by atoms with van der Waals surface area (Å²) in [6.07, 6.45) is 5.14. The van der Waals surface area contributed by atoms with Crippen LogP contribution in [0, 0.1) is 5.92 Å². The predicted molar refractivity (Wildman–Crippen MR) is 81.8 cm³/mol. The van der Waals surface area contributed by atoms with Crippen molar-refractivity contribution in [2.75, 3.05) is 14.2 Å². The molecule has 1 unspecified atom stereocenters. The first kappa shape index (κ1) is 16.5. The number of ether oxygens (including phenoxy) is 2. The molecule has 0 saturated carbocycles. The van der Waals surface area contributed by atoms with Crippen LogP contribution in [0.1, 0.15) is 56.3 Å². The van der Waals surface area contributed by atoms with E-state index in [2.05, 4.69) is 13.8 Å². The Bertz CT molecular complexity index is 404. The number of methoxy groups -OCH3 is 2. The molecule has 20 heavy (non-hydrogen) atoms. The maximum Gasteiger partial charge on any atom is 0.163 e. The molecule has 3 nitrogen and oxygen atoms in total. The van der Waals surface area contributed by atoms with Crippen LogP contribution in [0.3, 0.4) is 0 Å². The summed E-state index contributed by atoms with van der Waals surface area (Å²) in [5.41, 5.74) is 0.677. The molecule has 0 aliphatic carbocycles. The van der Waals surface area contributed by atoms with Crippen LogP contribution in [-0.4, -0.2) is 20.0 Å². The first-order valence-electron chi connectivity index (χ1n) is 7.40. The molecule has 0 aliphatic rings. The molecule has 0 saturated heterocycles. The van der Waals surface area contributed by atoms with E-state index in [1.54, 1.807) is 32.4 Å². The number of benzene rings is 1. The number of carbonyl (C=O) groups excluding carboxylic acids is 1. The van der Waals surface area contributed by atoms with Crippen molar-refractivity contribution in [2.24, 2.45) is 5.92 Å². The molecule has 0 spiro atoms. The van der Waals surface area contributed by atoms with E-state index in [1.165, 1.54) is 12.8 Å². The van der Waals surface area contributed by atoms with Crippen molar-refractivity contribution >= 4 is 5.78 Å². The third-order valence-corrected chi connectivity index (χ3v) is 3.69.